The first kappa shape index (κ1) is 17.1. The van der Waals surface area contributed by atoms with Gasteiger partial charge in [-0.05, 0) is 25.2 Å². The van der Waals surface area contributed by atoms with Crippen molar-refractivity contribution in [3.05, 3.63) is 21.9 Å². The van der Waals surface area contributed by atoms with Crippen molar-refractivity contribution in [3.63, 3.8) is 0 Å². The average molecular weight is 298 g/mol. The fourth-order valence-corrected chi connectivity index (χ4v) is 1.81. The number of aryl methyl sites for hydroxylation is 1. The maximum atomic E-state index is 11.9. The van der Waals surface area contributed by atoms with Gasteiger partial charge in [0.25, 0.3) is 0 Å². The Morgan fingerprint density at radius 1 is 1.62 bits per heavy atom. The number of nitrogens with zero attached hydrogens (tertiary/aromatic N) is 3. The van der Waals surface area contributed by atoms with Crippen LogP contribution in [0.3, 0.4) is 0 Å². The number of nitrogens with one attached hydrogen (secondary N) is 1. The Morgan fingerprint density at radius 3 is 2.90 bits per heavy atom. The molecule has 0 aliphatic carbocycles. The van der Waals surface area contributed by atoms with Gasteiger partial charge in [0, 0.05) is 19.8 Å². The molecule has 0 aliphatic rings. The molecule has 8 heteroatoms. The molecule has 118 valence electrons. The molecule has 1 aromatic rings. The number of hydrogen-bond acceptors (Lipinski definition) is 5. The minimum Gasteiger partial charge on any atom is -0.382 e. The third-order valence-electron chi connectivity index (χ3n) is 3.02. The minimum atomic E-state index is -0.540. The van der Waals surface area contributed by atoms with Crippen LogP contribution in [0.25, 0.3) is 0 Å². The Bertz CT molecular complexity index is 487. The maximum absolute atomic E-state index is 11.9. The molecule has 1 atom stereocenters. The van der Waals surface area contributed by atoms with Crippen molar-refractivity contribution < 1.29 is 14.5 Å². The van der Waals surface area contributed by atoms with Crippen LogP contribution >= 0.6 is 0 Å². The van der Waals surface area contributed by atoms with E-state index in [4.69, 9.17) is 4.74 Å². The summed E-state index contributed by atoms with van der Waals surface area (Å²) < 4.78 is 6.67. The van der Waals surface area contributed by atoms with Crippen molar-refractivity contribution in [2.24, 2.45) is 5.92 Å². The second-order valence-corrected chi connectivity index (χ2v) is 4.83. The van der Waals surface area contributed by atoms with Gasteiger partial charge in [0.05, 0.1) is 29.3 Å². The summed E-state index contributed by atoms with van der Waals surface area (Å²) in [5.41, 5.74) is 0.665. The number of hydrogen-bond donors (Lipinski definition) is 1. The second kappa shape index (κ2) is 8.35. The third kappa shape index (κ3) is 5.50. The molecule has 0 aliphatic heterocycles. The molecule has 0 aromatic carbocycles. The van der Waals surface area contributed by atoms with Crippen LogP contribution in [-0.2, 0) is 16.1 Å². The number of amides is 1. The van der Waals surface area contributed by atoms with E-state index in [1.165, 1.54) is 10.7 Å². The highest BCUT2D eigenvalue weighted by atomic mass is 16.6. The summed E-state index contributed by atoms with van der Waals surface area (Å²) in [7, 11) is 0. The highest BCUT2D eigenvalue weighted by molar-refractivity contribution is 5.78. The maximum Gasteiger partial charge on any atom is 0.390 e. The zero-order valence-electron chi connectivity index (χ0n) is 12.7. The molecule has 0 saturated carbocycles. The number of rotatable bonds is 9. The van der Waals surface area contributed by atoms with E-state index in [0.717, 1.165) is 6.42 Å². The van der Waals surface area contributed by atoms with Crippen molar-refractivity contribution in [3.8, 4) is 0 Å². The zero-order chi connectivity index (χ0) is 15.8. The van der Waals surface area contributed by atoms with Crippen molar-refractivity contribution in [2.45, 2.75) is 33.7 Å². The van der Waals surface area contributed by atoms with E-state index in [-0.39, 0.29) is 17.6 Å². The van der Waals surface area contributed by atoms with E-state index in [1.807, 2.05) is 6.92 Å². The molecular weight excluding hydrogens is 276 g/mol. The predicted octanol–water partition coefficient (Wildman–Crippen LogP) is 1.28. The van der Waals surface area contributed by atoms with Gasteiger partial charge in [-0.15, -0.1) is 0 Å². The molecule has 8 nitrogen and oxygen atoms in total. The van der Waals surface area contributed by atoms with Crippen LogP contribution in [0.4, 0.5) is 5.82 Å². The number of nitro groups is 1. The van der Waals surface area contributed by atoms with Crippen LogP contribution in [0.5, 0.6) is 0 Å². The van der Waals surface area contributed by atoms with E-state index in [0.29, 0.717) is 32.0 Å². The predicted molar refractivity (Wildman–Crippen MR) is 76.9 cm³/mol. The van der Waals surface area contributed by atoms with Gasteiger partial charge >= 0.3 is 5.82 Å². The van der Waals surface area contributed by atoms with Gasteiger partial charge in [-0.2, -0.15) is 4.68 Å². The van der Waals surface area contributed by atoms with Crippen LogP contribution in [0, 0.1) is 23.0 Å². The summed E-state index contributed by atoms with van der Waals surface area (Å²) in [6.45, 7) is 7.58. The average Bonchev–Trinajstić information content (AvgIpc) is 2.80. The van der Waals surface area contributed by atoms with E-state index in [2.05, 4.69) is 10.4 Å². The fourth-order valence-electron chi connectivity index (χ4n) is 1.81. The number of ether oxygens (including phenoxy) is 1. The van der Waals surface area contributed by atoms with E-state index < -0.39 is 4.92 Å². The van der Waals surface area contributed by atoms with Crippen molar-refractivity contribution >= 4 is 11.7 Å². The third-order valence-corrected chi connectivity index (χ3v) is 3.02. The Balaban J connectivity index is 2.43. The lowest BCUT2D eigenvalue weighted by atomic mass is 10.1. The Labute approximate surface area is 123 Å². The lowest BCUT2D eigenvalue weighted by molar-refractivity contribution is -0.389. The zero-order valence-corrected chi connectivity index (χ0v) is 12.7. The lowest BCUT2D eigenvalue weighted by Crippen LogP contribution is -2.33. The van der Waals surface area contributed by atoms with Gasteiger partial charge in [-0.3, -0.25) is 4.79 Å². The quantitative estimate of drug-likeness (QED) is 0.420. The largest absolute Gasteiger partial charge is 0.390 e. The van der Waals surface area contributed by atoms with Crippen LogP contribution in [-0.4, -0.2) is 40.4 Å². The van der Waals surface area contributed by atoms with Crippen LogP contribution in [0.2, 0.25) is 0 Å². The first-order chi connectivity index (χ1) is 9.95. The van der Waals surface area contributed by atoms with Gasteiger partial charge in [-0.25, -0.2) is 0 Å². The van der Waals surface area contributed by atoms with Crippen LogP contribution in [0.15, 0.2) is 6.07 Å². The summed E-state index contributed by atoms with van der Waals surface area (Å²) in [5.74, 6) is -0.601. The van der Waals surface area contributed by atoms with Crippen molar-refractivity contribution in [1.29, 1.82) is 0 Å². The molecule has 1 N–H and O–H groups in total. The molecule has 0 radical (unpaired) electrons. The SMILES string of the molecule is CCOCCCNC(=O)C(C)Cn1nc([N+](=O)[O-])cc1C. The number of carbonyl (C=O) groups excluding carboxylic acids is 1. The molecule has 21 heavy (non-hydrogen) atoms. The summed E-state index contributed by atoms with van der Waals surface area (Å²) in [5, 5.41) is 17.3. The van der Waals surface area contributed by atoms with Gasteiger partial charge < -0.3 is 20.2 Å². The lowest BCUT2D eigenvalue weighted by Gasteiger charge is -2.11. The van der Waals surface area contributed by atoms with Crippen molar-refractivity contribution in [2.75, 3.05) is 19.8 Å². The number of aromatic nitrogens is 2. The molecule has 1 unspecified atom stereocenters. The summed E-state index contributed by atoms with van der Waals surface area (Å²) in [6, 6.07) is 1.40. The topological polar surface area (TPSA) is 99.3 Å². The standard InChI is InChI=1S/C13H22N4O4/c1-4-21-7-5-6-14-13(18)10(2)9-16-11(3)8-12(15-16)17(19)20/h8,10H,4-7,9H2,1-3H3,(H,14,18). The molecule has 1 heterocycles. The van der Waals surface area contributed by atoms with Gasteiger partial charge in [0.1, 0.15) is 0 Å². The first-order valence-electron chi connectivity index (χ1n) is 7.00. The molecule has 0 bridgehead atoms. The summed E-state index contributed by atoms with van der Waals surface area (Å²) in [4.78, 5) is 22.0. The Morgan fingerprint density at radius 2 is 2.33 bits per heavy atom. The summed E-state index contributed by atoms with van der Waals surface area (Å²) >= 11 is 0. The smallest absolute Gasteiger partial charge is 0.382 e. The van der Waals surface area contributed by atoms with E-state index >= 15 is 0 Å². The summed E-state index contributed by atoms with van der Waals surface area (Å²) in [6.07, 6.45) is 0.762. The molecule has 0 saturated heterocycles. The highest BCUT2D eigenvalue weighted by Crippen LogP contribution is 2.12. The molecule has 1 rings (SSSR count). The van der Waals surface area contributed by atoms with Crippen LogP contribution in [0.1, 0.15) is 26.0 Å². The Kier molecular flexibility index (Phi) is 6.80. The molecular formula is C13H22N4O4. The van der Waals surface area contributed by atoms with E-state index in [1.54, 1.807) is 13.8 Å². The highest BCUT2D eigenvalue weighted by Gasteiger charge is 2.20. The van der Waals surface area contributed by atoms with Crippen molar-refractivity contribution in [1.82, 2.24) is 15.1 Å². The molecule has 1 amide bonds. The van der Waals surface area contributed by atoms with Gasteiger partial charge in [0.2, 0.25) is 5.91 Å². The second-order valence-electron chi connectivity index (χ2n) is 4.83. The molecule has 0 fully saturated rings. The Hall–Kier alpha value is -1.96. The molecule has 1 aromatic heterocycles. The number of carbonyl (C=O) groups is 1. The first-order valence-corrected chi connectivity index (χ1v) is 7.00. The fraction of sp³-hybridized carbons (Fsp3) is 0.692. The van der Waals surface area contributed by atoms with Gasteiger partial charge in [0.15, 0.2) is 0 Å². The monoisotopic (exact) mass is 298 g/mol. The van der Waals surface area contributed by atoms with Gasteiger partial charge in [-0.1, -0.05) is 6.92 Å². The van der Waals surface area contributed by atoms with E-state index in [9.17, 15) is 14.9 Å². The minimum absolute atomic E-state index is 0.0935. The normalized spacial score (nSPS) is 12.1. The van der Waals surface area contributed by atoms with Crippen LogP contribution < -0.4 is 5.32 Å². The molecule has 0 spiro atoms.